The van der Waals surface area contributed by atoms with Crippen LogP contribution < -0.4 is 72.5 Å². The van der Waals surface area contributed by atoms with Crippen molar-refractivity contribution in [2.45, 2.75) is 12.8 Å². The van der Waals surface area contributed by atoms with E-state index in [1.165, 1.54) is 0 Å². The Balaban J connectivity index is 0.00000481. The minimum absolute atomic E-state index is 0. The maximum atomic E-state index is 6.45. The van der Waals surface area contributed by atoms with E-state index in [-0.39, 0.29) is 57.2 Å². The Labute approximate surface area is 264 Å². The predicted octanol–water partition coefficient (Wildman–Crippen LogP) is 1.47. The normalized spacial score (nSPS) is 11.3. The second-order valence-corrected chi connectivity index (χ2v) is 8.00. The van der Waals surface area contributed by atoms with Gasteiger partial charge in [-0.25, -0.2) is 24.9 Å². The van der Waals surface area contributed by atoms with Gasteiger partial charge in [-0.05, 0) is 37.1 Å². The average Bonchev–Trinajstić information content (AvgIpc) is 2.88. The molecule has 190 valence electrons. The van der Waals surface area contributed by atoms with Crippen molar-refractivity contribution < 1.29 is 60.9 Å². The first-order valence-corrected chi connectivity index (χ1v) is 11.5. The molecule has 3 rings (SSSR count). The average molecular weight is 550 g/mol. The summed E-state index contributed by atoms with van der Waals surface area (Å²) in [6, 6.07) is 8.41. The second kappa shape index (κ2) is 15.8. The number of pyridine rings is 1. The Morgan fingerprint density at radius 2 is 2.03 bits per heavy atom. The van der Waals surface area contributed by atoms with Crippen molar-refractivity contribution in [3.05, 3.63) is 58.8 Å². The molecule has 13 heteroatoms. The van der Waals surface area contributed by atoms with Gasteiger partial charge in [-0.15, -0.1) is 7.05 Å². The van der Waals surface area contributed by atoms with Gasteiger partial charge in [0.1, 0.15) is 17.3 Å². The Morgan fingerprint density at radius 3 is 2.73 bits per heavy atom. The zero-order chi connectivity index (χ0) is 25.9. The molecule has 3 aromatic rings. The first kappa shape index (κ1) is 30.9. The van der Waals surface area contributed by atoms with Gasteiger partial charge in [0, 0.05) is 45.8 Å². The molecular weight excluding hydrogens is 521 g/mol. The maximum absolute atomic E-state index is 6.45. The second-order valence-electron chi connectivity index (χ2n) is 7.59. The third-order valence-electron chi connectivity index (χ3n) is 4.99. The van der Waals surface area contributed by atoms with Crippen molar-refractivity contribution in [2.24, 2.45) is 21.5 Å². The summed E-state index contributed by atoms with van der Waals surface area (Å²) < 4.78 is 11.0. The molecule has 0 atom stereocenters. The number of aromatic nitrogens is 3. The summed E-state index contributed by atoms with van der Waals surface area (Å²) in [5.41, 5.74) is 13.2. The third kappa shape index (κ3) is 9.18. The van der Waals surface area contributed by atoms with Gasteiger partial charge in [0.25, 0.3) is 0 Å². The number of halogens is 1. The van der Waals surface area contributed by atoms with Gasteiger partial charge in [-0.3, -0.25) is 0 Å². The number of methoxy groups -OCH3 is 1. The van der Waals surface area contributed by atoms with Crippen LogP contribution in [-0.2, 0) is 4.74 Å². The fourth-order valence-corrected chi connectivity index (χ4v) is 3.38. The van der Waals surface area contributed by atoms with Gasteiger partial charge >= 0.3 is 51.4 Å². The quantitative estimate of drug-likeness (QED) is 0.149. The van der Waals surface area contributed by atoms with Crippen LogP contribution in [-0.4, -0.2) is 61.5 Å². The van der Waals surface area contributed by atoms with E-state index in [1.807, 2.05) is 11.9 Å². The molecular formula is C24H29ClKN9O2. The molecule has 2 heterocycles. The first-order chi connectivity index (χ1) is 17.4. The Morgan fingerprint density at radius 1 is 1.22 bits per heavy atom. The summed E-state index contributed by atoms with van der Waals surface area (Å²) in [5.74, 6) is 2.09. The number of amidine groups is 1. The number of hydrogen-bond acceptors (Lipinski definition) is 8. The fraction of sp³-hybridized carbons (Fsp3) is 0.292. The van der Waals surface area contributed by atoms with E-state index < -0.39 is 0 Å². The van der Waals surface area contributed by atoms with E-state index in [4.69, 9.17) is 32.5 Å². The Hall–Kier alpha value is -2.32. The minimum atomic E-state index is 0. The summed E-state index contributed by atoms with van der Waals surface area (Å²) in [6.45, 7) is 1.49. The molecule has 0 radical (unpaired) electrons. The van der Waals surface area contributed by atoms with Crippen molar-refractivity contribution in [3.63, 3.8) is 0 Å². The molecule has 0 bridgehead atoms. The molecule has 11 nitrogen and oxygen atoms in total. The van der Waals surface area contributed by atoms with E-state index in [9.17, 15) is 0 Å². The predicted molar refractivity (Wildman–Crippen MR) is 144 cm³/mol. The molecule has 1 aromatic carbocycles. The first-order valence-electron chi connectivity index (χ1n) is 11.1. The van der Waals surface area contributed by atoms with Crippen LogP contribution in [0, 0.1) is 0 Å². The van der Waals surface area contributed by atoms with Crippen LogP contribution in [0.4, 0.5) is 23.1 Å². The summed E-state index contributed by atoms with van der Waals surface area (Å²) in [6.07, 6.45) is 6.25. The monoisotopic (exact) mass is 549 g/mol. The molecule has 0 fully saturated rings. The van der Waals surface area contributed by atoms with Crippen molar-refractivity contribution in [3.8, 4) is 11.5 Å². The maximum Gasteiger partial charge on any atom is 1.00 e. The molecule has 0 saturated carbocycles. The summed E-state index contributed by atoms with van der Waals surface area (Å²) in [7, 11) is 5.27. The van der Waals surface area contributed by atoms with Gasteiger partial charge in [0.2, 0.25) is 5.95 Å². The van der Waals surface area contributed by atoms with Crippen molar-refractivity contribution in [1.82, 2.24) is 15.0 Å². The van der Waals surface area contributed by atoms with Crippen LogP contribution in [0.5, 0.6) is 11.5 Å². The van der Waals surface area contributed by atoms with Gasteiger partial charge in [-0.1, -0.05) is 17.3 Å². The molecule has 0 unspecified atom stereocenters. The molecule has 2 aromatic heterocycles. The smallest absolute Gasteiger partial charge is 0.684 e. The standard InChI is InChI=1S/C24H29ClN9O2.K/c1-28-19-14-30-24(34(2)10-4-5-11-35-3)33-22(19)23(27)32-16-6-7-20(18(25)12-16)36-17-8-9-29-21(13-17)31-15-26;/h6-9,12-15H,4-5,10-11H2,1-3H3,(H2,27,32)(H2,26,29,31);/q-1;+1. The van der Waals surface area contributed by atoms with Crippen LogP contribution in [0.15, 0.2) is 52.7 Å². The molecule has 0 aliphatic rings. The molecule has 0 amide bonds. The number of hydrogen-bond donors (Lipinski definition) is 2. The van der Waals surface area contributed by atoms with Crippen LogP contribution >= 0.6 is 11.6 Å². The molecule has 0 saturated heterocycles. The number of nitrogens with zero attached hydrogens (tertiary/aromatic N) is 7. The molecule has 0 aliphatic heterocycles. The fourth-order valence-electron chi connectivity index (χ4n) is 3.17. The van der Waals surface area contributed by atoms with E-state index in [0.29, 0.717) is 52.0 Å². The number of nitrogens with two attached hydrogens (primary N) is 2. The van der Waals surface area contributed by atoms with E-state index in [0.717, 1.165) is 25.7 Å². The van der Waals surface area contributed by atoms with Crippen molar-refractivity contribution >= 4 is 46.9 Å². The third-order valence-corrected chi connectivity index (χ3v) is 5.29. The van der Waals surface area contributed by atoms with Gasteiger partial charge in [0.15, 0.2) is 5.82 Å². The summed E-state index contributed by atoms with van der Waals surface area (Å²) in [4.78, 5) is 23.5. The Kier molecular flexibility index (Phi) is 13.2. The van der Waals surface area contributed by atoms with Crippen LogP contribution in [0.3, 0.4) is 0 Å². The van der Waals surface area contributed by atoms with E-state index in [1.54, 1.807) is 56.9 Å². The van der Waals surface area contributed by atoms with Crippen LogP contribution in [0.25, 0.3) is 5.32 Å². The minimum Gasteiger partial charge on any atom is -0.684 e. The number of anilines is 1. The van der Waals surface area contributed by atoms with Crippen molar-refractivity contribution in [2.75, 3.05) is 39.3 Å². The zero-order valence-electron chi connectivity index (χ0n) is 21.4. The van der Waals surface area contributed by atoms with E-state index in [2.05, 4.69) is 30.3 Å². The molecule has 4 N–H and O–H groups in total. The summed E-state index contributed by atoms with van der Waals surface area (Å²) in [5, 5.41) is 4.58. The van der Waals surface area contributed by atoms with E-state index >= 15 is 0 Å². The number of ether oxygens (including phenoxy) is 2. The number of rotatable bonds is 12. The zero-order valence-corrected chi connectivity index (χ0v) is 25.3. The number of benzene rings is 1. The van der Waals surface area contributed by atoms with Gasteiger partial charge in [0.05, 0.1) is 22.7 Å². The molecule has 0 aliphatic carbocycles. The van der Waals surface area contributed by atoms with Crippen molar-refractivity contribution in [1.29, 1.82) is 0 Å². The number of unbranched alkanes of at least 4 members (excludes halogenated alkanes) is 1. The van der Waals surface area contributed by atoms with Crippen LogP contribution in [0.1, 0.15) is 18.5 Å². The topological polar surface area (TPSA) is 151 Å². The largest absolute Gasteiger partial charge is 1.00 e. The molecule has 37 heavy (non-hydrogen) atoms. The number of aliphatic imine (C=N–C) groups is 2. The molecule has 0 spiro atoms. The van der Waals surface area contributed by atoms with Gasteiger partial charge < -0.3 is 31.2 Å². The van der Waals surface area contributed by atoms with Gasteiger partial charge in [-0.2, -0.15) is 0 Å². The SMILES string of the molecule is C[N-]c1cnc(N(C)CCCCOC)nc1C(N)=Nc1ccc(Oc2ccnc(N=CN)c2)c(Cl)c1.[K+]. The van der Waals surface area contributed by atoms with Crippen LogP contribution in [0.2, 0.25) is 5.02 Å². The summed E-state index contributed by atoms with van der Waals surface area (Å²) >= 11 is 6.45. The Bertz CT molecular complexity index is 1230.